The molecule has 26 heavy (non-hydrogen) atoms. The minimum Gasteiger partial charge on any atom is -0.492 e. The largest absolute Gasteiger partial charge is 0.492 e. The highest BCUT2D eigenvalue weighted by Gasteiger charge is 2.40. The molecule has 0 fully saturated rings. The van der Waals surface area contributed by atoms with E-state index in [4.69, 9.17) is 4.74 Å². The Labute approximate surface area is 153 Å². The van der Waals surface area contributed by atoms with Gasteiger partial charge in [-0.05, 0) is 31.0 Å². The van der Waals surface area contributed by atoms with E-state index in [2.05, 4.69) is 4.79 Å². The van der Waals surface area contributed by atoms with Crippen molar-refractivity contribution in [3.8, 4) is 5.75 Å². The fourth-order valence-electron chi connectivity index (χ4n) is 2.31. The maximum absolute atomic E-state index is 13.0. The maximum atomic E-state index is 13.0. The average molecular weight is 372 g/mol. The van der Waals surface area contributed by atoms with Crippen LogP contribution in [-0.2, 0) is 9.84 Å². The van der Waals surface area contributed by atoms with E-state index in [1.807, 2.05) is 6.92 Å². The second-order valence-corrected chi connectivity index (χ2v) is 7.59. The lowest BCUT2D eigenvalue weighted by Gasteiger charge is -2.11. The number of carbonyl (C=O) groups excluding carboxylic acids is 1. The number of ether oxygens (including phenoxy) is 1. The molecular weight excluding hydrogens is 352 g/mol. The van der Waals surface area contributed by atoms with E-state index in [0.29, 0.717) is 12.2 Å². The Hall–Kier alpha value is -2.76. The highest BCUT2D eigenvalue weighted by Crippen LogP contribution is 2.27. The van der Waals surface area contributed by atoms with Crippen LogP contribution >= 0.6 is 0 Å². The van der Waals surface area contributed by atoms with Crippen LogP contribution in [0, 0.1) is 6.92 Å². The van der Waals surface area contributed by atoms with Crippen molar-refractivity contribution in [1.82, 2.24) is 0 Å². The molecule has 0 aromatic heterocycles. The van der Waals surface area contributed by atoms with E-state index in [1.165, 1.54) is 18.2 Å². The summed E-state index contributed by atoms with van der Waals surface area (Å²) in [5.41, 5.74) is 10.1. The number of Topliss-reactive ketones (excluding diaryl/α,β-unsaturated/α-hetero) is 1. The van der Waals surface area contributed by atoms with Gasteiger partial charge in [-0.25, -0.2) is 8.42 Å². The lowest BCUT2D eigenvalue weighted by molar-refractivity contribution is -0.00159. The van der Waals surface area contributed by atoms with Gasteiger partial charge >= 0.3 is 5.04 Å². The van der Waals surface area contributed by atoms with Crippen LogP contribution in [0.5, 0.6) is 5.75 Å². The van der Waals surface area contributed by atoms with Crippen LogP contribution in [0.1, 0.15) is 35.7 Å². The zero-order valence-corrected chi connectivity index (χ0v) is 15.5. The number of aryl methyl sites for hydroxylation is 1. The summed E-state index contributed by atoms with van der Waals surface area (Å²) in [6.45, 7) is 4.06. The molecule has 2 aromatic rings. The number of carbonyl (C=O) groups is 1. The molecule has 0 unspecified atom stereocenters. The van der Waals surface area contributed by atoms with E-state index in [1.54, 1.807) is 37.3 Å². The summed E-state index contributed by atoms with van der Waals surface area (Å²) in [7, 11) is -4.36. The maximum Gasteiger partial charge on any atom is 0.457 e. The van der Waals surface area contributed by atoms with Gasteiger partial charge in [-0.1, -0.05) is 49.7 Å². The minimum atomic E-state index is -4.36. The molecule has 0 aliphatic heterocycles. The van der Waals surface area contributed by atoms with Crippen LogP contribution in [0.3, 0.4) is 0 Å². The number of benzene rings is 2. The zero-order chi connectivity index (χ0) is 19.2. The highest BCUT2D eigenvalue weighted by atomic mass is 32.2. The number of hydrogen-bond donors (Lipinski definition) is 0. The van der Waals surface area contributed by atoms with Crippen molar-refractivity contribution in [2.24, 2.45) is 0 Å². The number of rotatable bonds is 7. The van der Waals surface area contributed by atoms with Crippen molar-refractivity contribution >= 4 is 20.7 Å². The van der Waals surface area contributed by atoms with Gasteiger partial charge in [-0.3, -0.25) is 4.79 Å². The molecule has 136 valence electrons. The third-order valence-electron chi connectivity index (χ3n) is 3.72. The molecule has 2 rings (SSSR count). The van der Waals surface area contributed by atoms with E-state index >= 15 is 0 Å². The van der Waals surface area contributed by atoms with Crippen molar-refractivity contribution in [2.45, 2.75) is 31.6 Å². The molecule has 0 saturated carbocycles. The fraction of sp³-hybridized carbons (Fsp3) is 0.263. The van der Waals surface area contributed by atoms with Crippen LogP contribution in [0.15, 0.2) is 53.4 Å². The van der Waals surface area contributed by atoms with Crippen molar-refractivity contribution in [3.63, 3.8) is 0 Å². The summed E-state index contributed by atoms with van der Waals surface area (Å²) >= 11 is 0. The lowest BCUT2D eigenvalue weighted by atomic mass is 10.1. The lowest BCUT2D eigenvalue weighted by Crippen LogP contribution is -2.26. The molecule has 0 radical (unpaired) electrons. The van der Waals surface area contributed by atoms with E-state index in [9.17, 15) is 18.7 Å². The van der Waals surface area contributed by atoms with Gasteiger partial charge in [-0.2, -0.15) is 0 Å². The second kappa shape index (κ2) is 8.56. The average Bonchev–Trinajstić information content (AvgIpc) is 2.64. The number of nitrogens with zero attached hydrogens (tertiary/aromatic N) is 2. The molecule has 0 amide bonds. The molecule has 6 nitrogen and oxygen atoms in total. The van der Waals surface area contributed by atoms with Gasteiger partial charge in [0.05, 0.1) is 6.61 Å². The van der Waals surface area contributed by atoms with Gasteiger partial charge in [0.25, 0.3) is 15.6 Å². The minimum absolute atomic E-state index is 0.116. The quantitative estimate of drug-likeness (QED) is 0.186. The molecule has 0 heterocycles. The normalized spacial score (nSPS) is 10.8. The summed E-state index contributed by atoms with van der Waals surface area (Å²) < 4.78 is 31.6. The van der Waals surface area contributed by atoms with Crippen molar-refractivity contribution in [2.75, 3.05) is 6.61 Å². The van der Waals surface area contributed by atoms with E-state index in [-0.39, 0.29) is 16.2 Å². The Morgan fingerprint density at radius 1 is 1.15 bits per heavy atom. The first-order chi connectivity index (χ1) is 12.4. The molecule has 0 spiro atoms. The topological polar surface area (TPSA) is 96.8 Å². The molecular formula is C19H20N2O4S. The third kappa shape index (κ3) is 4.25. The van der Waals surface area contributed by atoms with Crippen molar-refractivity contribution in [3.05, 3.63) is 65.2 Å². The molecule has 0 atom stereocenters. The Morgan fingerprint density at radius 2 is 1.85 bits per heavy atom. The van der Waals surface area contributed by atoms with Crippen molar-refractivity contribution < 1.29 is 22.7 Å². The van der Waals surface area contributed by atoms with Crippen LogP contribution in [0.25, 0.3) is 5.53 Å². The summed E-state index contributed by atoms with van der Waals surface area (Å²) in [5, 5.41) is -0.936. The van der Waals surface area contributed by atoms with Crippen LogP contribution in [0.4, 0.5) is 0 Å². The predicted molar refractivity (Wildman–Crippen MR) is 98.2 cm³/mol. The molecule has 0 aliphatic rings. The fourth-order valence-corrected chi connectivity index (χ4v) is 3.72. The van der Waals surface area contributed by atoms with Crippen LogP contribution < -0.4 is 4.74 Å². The Bertz CT molecular complexity index is 947. The number of hydrogen-bond acceptors (Lipinski definition) is 4. The van der Waals surface area contributed by atoms with Gasteiger partial charge in [0.1, 0.15) is 10.6 Å². The summed E-state index contributed by atoms with van der Waals surface area (Å²) in [4.78, 5) is 15.2. The second-order valence-electron chi connectivity index (χ2n) is 5.76. The smallest absolute Gasteiger partial charge is 0.457 e. The predicted octanol–water partition coefficient (Wildman–Crippen LogP) is 3.46. The molecule has 7 heteroatoms. The van der Waals surface area contributed by atoms with Gasteiger partial charge in [0.15, 0.2) is 0 Å². The SMILES string of the molecule is CCCCOc1ccc(C)cc1S(=O)(=O)C(=[N+]=[N-])C(=O)c1ccccc1. The molecule has 0 saturated heterocycles. The zero-order valence-electron chi connectivity index (χ0n) is 14.7. The van der Waals surface area contributed by atoms with Gasteiger partial charge in [0.2, 0.25) is 0 Å². The monoisotopic (exact) mass is 372 g/mol. The van der Waals surface area contributed by atoms with Gasteiger partial charge < -0.3 is 10.3 Å². The number of sulfone groups is 1. The first-order valence-electron chi connectivity index (χ1n) is 8.22. The van der Waals surface area contributed by atoms with Crippen LogP contribution in [0.2, 0.25) is 0 Å². The molecule has 0 aliphatic carbocycles. The van der Waals surface area contributed by atoms with Gasteiger partial charge in [-0.15, -0.1) is 4.79 Å². The van der Waals surface area contributed by atoms with E-state index < -0.39 is 20.7 Å². The molecule has 2 aromatic carbocycles. The van der Waals surface area contributed by atoms with Crippen LogP contribution in [-0.4, -0.2) is 30.6 Å². The molecule has 0 bridgehead atoms. The summed E-state index contributed by atoms with van der Waals surface area (Å²) in [5.74, 6) is -0.750. The number of unbranched alkanes of at least 4 members (excludes halogenated alkanes) is 1. The third-order valence-corrected chi connectivity index (χ3v) is 5.39. The molecule has 0 N–H and O–H groups in total. The summed E-state index contributed by atoms with van der Waals surface area (Å²) in [6.07, 6.45) is 1.65. The number of ketones is 1. The first-order valence-corrected chi connectivity index (χ1v) is 9.70. The summed E-state index contributed by atoms with van der Waals surface area (Å²) in [6, 6.07) is 12.5. The Balaban J connectivity index is 2.50. The van der Waals surface area contributed by atoms with E-state index in [0.717, 1.165) is 12.8 Å². The van der Waals surface area contributed by atoms with Gasteiger partial charge in [0, 0.05) is 5.56 Å². The Kier molecular flexibility index (Phi) is 6.44. The standard InChI is InChI=1S/C19H20N2O4S/c1-3-4-12-25-16-11-10-14(2)13-17(16)26(23,24)19(21-20)18(22)15-8-6-5-7-9-15/h5-11,13H,3-4,12H2,1-2H3. The van der Waals surface area contributed by atoms with Crippen molar-refractivity contribution in [1.29, 1.82) is 0 Å². The highest BCUT2D eigenvalue weighted by molar-refractivity contribution is 8.08. The first kappa shape index (κ1) is 19.6. The Morgan fingerprint density at radius 3 is 2.46 bits per heavy atom.